The molecular weight excluding hydrogens is 592 g/mol. The van der Waals surface area contributed by atoms with E-state index in [4.69, 9.17) is 14.7 Å². The van der Waals surface area contributed by atoms with Crippen LogP contribution in [0.2, 0.25) is 0 Å². The second-order valence-corrected chi connectivity index (χ2v) is 13.0. The number of hydrogen-bond donors (Lipinski definition) is 2. The molecule has 0 radical (unpaired) electrons. The van der Waals surface area contributed by atoms with Crippen molar-refractivity contribution in [1.82, 2.24) is 30.0 Å². The number of hydrogen-bond acceptors (Lipinski definition) is 9. The smallest absolute Gasteiger partial charge is 0.323 e. The third kappa shape index (κ3) is 6.76. The highest BCUT2D eigenvalue weighted by molar-refractivity contribution is 5.91. The number of carbonyl (C=O) groups excluding carboxylic acids is 1. The molecule has 1 saturated carbocycles. The van der Waals surface area contributed by atoms with Crippen molar-refractivity contribution in [3.05, 3.63) is 78.4 Å². The fourth-order valence-corrected chi connectivity index (χ4v) is 7.04. The Morgan fingerprint density at radius 1 is 1.02 bits per heavy atom. The van der Waals surface area contributed by atoms with Gasteiger partial charge in [0.2, 0.25) is 5.95 Å². The summed E-state index contributed by atoms with van der Waals surface area (Å²) < 4.78 is 7.33. The Balaban J connectivity index is 1.02. The summed E-state index contributed by atoms with van der Waals surface area (Å²) in [5, 5.41) is 20.7. The number of pyridine rings is 1. The van der Waals surface area contributed by atoms with Gasteiger partial charge in [0, 0.05) is 80.9 Å². The number of rotatable bonds is 8. The molecule has 2 saturated heterocycles. The van der Waals surface area contributed by atoms with Gasteiger partial charge in [-0.25, -0.2) is 14.8 Å². The first-order valence-corrected chi connectivity index (χ1v) is 16.4. The van der Waals surface area contributed by atoms with E-state index < -0.39 is 0 Å². The van der Waals surface area contributed by atoms with Gasteiger partial charge in [-0.3, -0.25) is 9.58 Å². The highest BCUT2D eigenvalue weighted by Gasteiger charge is 2.45. The number of carbonyl (C=O) groups is 1. The fourth-order valence-electron chi connectivity index (χ4n) is 7.04. The predicted molar refractivity (Wildman–Crippen MR) is 179 cm³/mol. The highest BCUT2D eigenvalue weighted by Crippen LogP contribution is 2.42. The van der Waals surface area contributed by atoms with Gasteiger partial charge in [0.1, 0.15) is 17.5 Å². The van der Waals surface area contributed by atoms with Crippen molar-refractivity contribution in [1.29, 1.82) is 5.26 Å². The van der Waals surface area contributed by atoms with Gasteiger partial charge in [0.05, 0.1) is 12.4 Å². The zero-order chi connectivity index (χ0) is 32.2. The Kier molecular flexibility index (Phi) is 8.72. The van der Waals surface area contributed by atoms with Crippen LogP contribution in [0, 0.1) is 16.7 Å². The number of nitrogens with zero attached hydrogens (tertiary/aromatic N) is 8. The standard InChI is InChI=1S/C35H40N10O2/c1-43-22-28(21-40-43)26-7-12-31(37-19-26)45(34(46)39-18-25-5-3-2-4-6-25)30-10-8-29(9-11-30)41-33-38-20-27(17-36)32(42-33)44-23-35(24-44)13-15-47-16-14-35/h2-7,12,19-22,29-30H,8-11,13-16,18,23-24H2,1H3,(H,39,46)(H,38,41,42). The average Bonchev–Trinajstić information content (AvgIpc) is 3.54. The van der Waals surface area contributed by atoms with Gasteiger partial charge >= 0.3 is 6.03 Å². The van der Waals surface area contributed by atoms with Gasteiger partial charge in [-0.15, -0.1) is 0 Å². The SMILES string of the molecule is Cn1cc(-c2ccc(N(C(=O)NCc3ccccc3)C3CCC(Nc4ncc(C#N)c(N5CC6(CCOCC6)C5)n4)CC3)nc2)cn1. The second kappa shape index (κ2) is 13.4. The quantitative estimate of drug-likeness (QED) is 0.278. The first-order chi connectivity index (χ1) is 23.0. The first-order valence-electron chi connectivity index (χ1n) is 16.4. The lowest BCUT2D eigenvalue weighted by Crippen LogP contribution is -2.59. The molecule has 0 bridgehead atoms. The monoisotopic (exact) mass is 632 g/mol. The zero-order valence-electron chi connectivity index (χ0n) is 26.7. The molecule has 0 unspecified atom stereocenters. The molecule has 2 aliphatic heterocycles. The minimum atomic E-state index is -0.163. The number of aromatic nitrogens is 5. The van der Waals surface area contributed by atoms with E-state index in [1.807, 2.05) is 66.8 Å². The van der Waals surface area contributed by atoms with Crippen molar-refractivity contribution in [2.45, 2.75) is 57.2 Å². The van der Waals surface area contributed by atoms with Crippen molar-refractivity contribution in [3.63, 3.8) is 0 Å². The van der Waals surface area contributed by atoms with E-state index >= 15 is 0 Å². The highest BCUT2D eigenvalue weighted by atomic mass is 16.5. The molecule has 3 aromatic heterocycles. The number of ether oxygens (including phenoxy) is 1. The van der Waals surface area contributed by atoms with Crippen LogP contribution in [-0.4, -0.2) is 69.2 Å². The maximum absolute atomic E-state index is 13.7. The molecule has 3 fully saturated rings. The van der Waals surface area contributed by atoms with Crippen LogP contribution in [-0.2, 0) is 18.3 Å². The van der Waals surface area contributed by atoms with E-state index in [0.717, 1.165) is 81.5 Å². The molecule has 47 heavy (non-hydrogen) atoms. The molecule has 12 nitrogen and oxygen atoms in total. The van der Waals surface area contributed by atoms with Crippen LogP contribution >= 0.6 is 0 Å². The summed E-state index contributed by atoms with van der Waals surface area (Å²) in [6.45, 7) is 3.83. The Morgan fingerprint density at radius 2 is 1.81 bits per heavy atom. The second-order valence-electron chi connectivity index (χ2n) is 13.0. The molecule has 0 atom stereocenters. The Hall–Kier alpha value is -5.02. The van der Waals surface area contributed by atoms with Crippen molar-refractivity contribution in [3.8, 4) is 17.2 Å². The van der Waals surface area contributed by atoms with Crippen LogP contribution in [0.5, 0.6) is 0 Å². The lowest BCUT2D eigenvalue weighted by molar-refractivity contribution is -0.000471. The Morgan fingerprint density at radius 3 is 2.49 bits per heavy atom. The number of nitrogens with one attached hydrogen (secondary N) is 2. The number of amides is 2. The third-order valence-electron chi connectivity index (χ3n) is 9.73. The molecule has 2 N–H and O–H groups in total. The summed E-state index contributed by atoms with van der Waals surface area (Å²) in [5.74, 6) is 1.87. The van der Waals surface area contributed by atoms with Gasteiger partial charge in [-0.2, -0.15) is 15.3 Å². The summed E-state index contributed by atoms with van der Waals surface area (Å²) in [5.41, 5.74) is 3.73. The van der Waals surface area contributed by atoms with E-state index in [1.54, 1.807) is 17.1 Å². The van der Waals surface area contributed by atoms with Crippen molar-refractivity contribution < 1.29 is 9.53 Å². The largest absolute Gasteiger partial charge is 0.381 e. The average molecular weight is 633 g/mol. The van der Waals surface area contributed by atoms with Gasteiger partial charge < -0.3 is 20.3 Å². The molecule has 242 valence electrons. The number of anilines is 3. The summed E-state index contributed by atoms with van der Waals surface area (Å²) in [4.78, 5) is 31.8. The van der Waals surface area contributed by atoms with E-state index in [-0.39, 0.29) is 23.5 Å². The summed E-state index contributed by atoms with van der Waals surface area (Å²) >= 11 is 0. The van der Waals surface area contributed by atoms with Gasteiger partial charge in [0.25, 0.3) is 0 Å². The van der Waals surface area contributed by atoms with Crippen molar-refractivity contribution in [2.24, 2.45) is 12.5 Å². The van der Waals surface area contributed by atoms with Crippen LogP contribution in [0.1, 0.15) is 49.7 Å². The molecule has 1 spiro atoms. The summed E-state index contributed by atoms with van der Waals surface area (Å²) in [6.07, 6.45) is 12.6. The van der Waals surface area contributed by atoms with Crippen LogP contribution in [0.25, 0.3) is 11.1 Å². The number of benzene rings is 1. The molecule has 5 heterocycles. The molecule has 1 aliphatic carbocycles. The molecule has 7 rings (SSSR count). The van der Waals surface area contributed by atoms with E-state index in [2.05, 4.69) is 31.7 Å². The third-order valence-corrected chi connectivity index (χ3v) is 9.73. The van der Waals surface area contributed by atoms with Gasteiger partial charge in [-0.05, 0) is 56.2 Å². The minimum absolute atomic E-state index is 0.0187. The van der Waals surface area contributed by atoms with Crippen LogP contribution in [0.3, 0.4) is 0 Å². The molecule has 3 aliphatic rings. The summed E-state index contributed by atoms with van der Waals surface area (Å²) in [7, 11) is 1.89. The molecule has 12 heteroatoms. The maximum Gasteiger partial charge on any atom is 0.323 e. The van der Waals surface area contributed by atoms with Crippen LogP contribution in [0.15, 0.2) is 67.3 Å². The normalized spacial score (nSPS) is 20.2. The zero-order valence-corrected chi connectivity index (χ0v) is 26.7. The molecule has 2 amide bonds. The Bertz CT molecular complexity index is 1710. The molecule has 4 aromatic rings. The van der Waals surface area contributed by atoms with Crippen molar-refractivity contribution >= 4 is 23.6 Å². The fraction of sp³-hybridized carbons (Fsp3) is 0.429. The molecule has 1 aromatic carbocycles. The maximum atomic E-state index is 13.7. The summed E-state index contributed by atoms with van der Waals surface area (Å²) in [6, 6.07) is 16.1. The lowest BCUT2D eigenvalue weighted by atomic mass is 9.73. The van der Waals surface area contributed by atoms with E-state index in [0.29, 0.717) is 29.7 Å². The van der Waals surface area contributed by atoms with E-state index in [1.165, 1.54) is 0 Å². The Labute approximate surface area is 274 Å². The number of urea groups is 1. The van der Waals surface area contributed by atoms with E-state index in [9.17, 15) is 10.1 Å². The minimum Gasteiger partial charge on any atom is -0.381 e. The van der Waals surface area contributed by atoms with Gasteiger partial charge in [-0.1, -0.05) is 30.3 Å². The predicted octanol–water partition coefficient (Wildman–Crippen LogP) is 4.90. The lowest BCUT2D eigenvalue weighted by Gasteiger charge is -2.52. The van der Waals surface area contributed by atoms with Crippen LogP contribution < -0.4 is 20.4 Å². The van der Waals surface area contributed by atoms with Crippen LogP contribution in [0.4, 0.5) is 22.4 Å². The van der Waals surface area contributed by atoms with Crippen molar-refractivity contribution in [2.75, 3.05) is 41.4 Å². The number of nitriles is 1. The topological polar surface area (TPSA) is 137 Å². The van der Waals surface area contributed by atoms with Gasteiger partial charge in [0.15, 0.2) is 5.82 Å². The number of aryl methyl sites for hydroxylation is 1. The molecular formula is C35H40N10O2. The first kappa shape index (κ1) is 30.6.